The maximum atomic E-state index is 11.6. The Morgan fingerprint density at radius 3 is 3.14 bits per heavy atom. The fraction of sp³-hybridized carbons (Fsp3) is 0.500. The predicted molar refractivity (Wildman–Crippen MR) is 90.1 cm³/mol. The van der Waals surface area contributed by atoms with Crippen molar-refractivity contribution in [3.05, 3.63) is 28.6 Å². The smallest absolute Gasteiger partial charge is 0.307 e. The largest absolute Gasteiger partial charge is 0.469 e. The molecule has 1 aliphatic heterocycles. The predicted octanol–water partition coefficient (Wildman–Crippen LogP) is 3.79. The highest BCUT2D eigenvalue weighted by atomic mass is 32.1. The number of ether oxygens (including phenoxy) is 1. The van der Waals surface area contributed by atoms with Crippen LogP contribution < -0.4 is 0 Å². The van der Waals surface area contributed by atoms with E-state index in [9.17, 15) is 4.79 Å². The van der Waals surface area contributed by atoms with Crippen molar-refractivity contribution in [1.29, 1.82) is 0 Å². The molecule has 1 atom stereocenters. The zero-order valence-corrected chi connectivity index (χ0v) is 14.3. The van der Waals surface area contributed by atoms with Crippen LogP contribution >= 0.6 is 22.7 Å². The zero-order valence-electron chi connectivity index (χ0n) is 12.7. The summed E-state index contributed by atoms with van der Waals surface area (Å²) < 4.78 is 4.83. The van der Waals surface area contributed by atoms with Gasteiger partial charge in [-0.25, -0.2) is 4.98 Å². The number of hydrogen-bond acceptors (Lipinski definition) is 6. The van der Waals surface area contributed by atoms with Crippen molar-refractivity contribution in [1.82, 2.24) is 9.88 Å². The Kier molecular flexibility index (Phi) is 5.23. The van der Waals surface area contributed by atoms with Crippen LogP contribution in [0.4, 0.5) is 0 Å². The van der Waals surface area contributed by atoms with E-state index in [0.29, 0.717) is 6.42 Å². The van der Waals surface area contributed by atoms with Gasteiger partial charge in [-0.05, 0) is 30.8 Å². The van der Waals surface area contributed by atoms with E-state index in [0.717, 1.165) is 30.2 Å². The van der Waals surface area contributed by atoms with Crippen LogP contribution in [0, 0.1) is 0 Å². The number of carbonyl (C=O) groups is 1. The maximum Gasteiger partial charge on any atom is 0.307 e. The van der Waals surface area contributed by atoms with E-state index < -0.39 is 0 Å². The SMILES string of the molecule is COC(=O)CC1CCCCN1Cc1csc(-c2cccs2)n1. The number of carbonyl (C=O) groups excluding carboxylic acids is 1. The first-order chi connectivity index (χ1) is 10.8. The van der Waals surface area contributed by atoms with Crippen LogP contribution in [0.15, 0.2) is 22.9 Å². The average molecular weight is 336 g/mol. The van der Waals surface area contributed by atoms with E-state index in [4.69, 9.17) is 9.72 Å². The molecule has 3 heterocycles. The molecule has 1 unspecified atom stereocenters. The number of hydrogen-bond donors (Lipinski definition) is 0. The minimum absolute atomic E-state index is 0.116. The van der Waals surface area contributed by atoms with Crippen LogP contribution in [0.25, 0.3) is 9.88 Å². The molecule has 0 aromatic carbocycles. The number of thiazole rings is 1. The van der Waals surface area contributed by atoms with Gasteiger partial charge in [-0.15, -0.1) is 22.7 Å². The molecule has 0 radical (unpaired) electrons. The van der Waals surface area contributed by atoms with Crippen molar-refractivity contribution in [3.63, 3.8) is 0 Å². The Morgan fingerprint density at radius 1 is 1.45 bits per heavy atom. The molecule has 0 amide bonds. The van der Waals surface area contributed by atoms with Gasteiger partial charge in [-0.3, -0.25) is 9.69 Å². The van der Waals surface area contributed by atoms with Gasteiger partial charge < -0.3 is 4.74 Å². The average Bonchev–Trinajstić information content (AvgIpc) is 3.20. The van der Waals surface area contributed by atoms with E-state index in [1.807, 2.05) is 0 Å². The number of methoxy groups -OCH3 is 1. The molecule has 3 rings (SSSR count). The Morgan fingerprint density at radius 2 is 2.36 bits per heavy atom. The van der Waals surface area contributed by atoms with Crippen molar-refractivity contribution >= 4 is 28.6 Å². The number of thiophene rings is 1. The lowest BCUT2D eigenvalue weighted by molar-refractivity contribution is -0.142. The minimum atomic E-state index is -0.116. The van der Waals surface area contributed by atoms with Crippen LogP contribution in [-0.4, -0.2) is 35.5 Å². The third-order valence-corrected chi connectivity index (χ3v) is 5.96. The molecule has 2 aromatic rings. The summed E-state index contributed by atoms with van der Waals surface area (Å²) in [5.41, 5.74) is 1.10. The normalized spacial score (nSPS) is 19.2. The summed E-state index contributed by atoms with van der Waals surface area (Å²) in [6.07, 6.45) is 3.94. The molecule has 1 saturated heterocycles. The molecular formula is C16H20N2O2S2. The first-order valence-corrected chi connectivity index (χ1v) is 9.31. The minimum Gasteiger partial charge on any atom is -0.469 e. The van der Waals surface area contributed by atoms with Gasteiger partial charge in [0, 0.05) is 18.0 Å². The van der Waals surface area contributed by atoms with Gasteiger partial charge in [0.05, 0.1) is 24.1 Å². The summed E-state index contributed by atoms with van der Waals surface area (Å²) in [4.78, 5) is 19.9. The molecule has 1 aliphatic rings. The van der Waals surface area contributed by atoms with Gasteiger partial charge >= 0.3 is 5.97 Å². The van der Waals surface area contributed by atoms with Crippen molar-refractivity contribution < 1.29 is 9.53 Å². The first-order valence-electron chi connectivity index (χ1n) is 7.55. The first kappa shape index (κ1) is 15.6. The summed E-state index contributed by atoms with van der Waals surface area (Å²) in [7, 11) is 1.46. The number of piperidine rings is 1. The van der Waals surface area contributed by atoms with Gasteiger partial charge in [0.2, 0.25) is 0 Å². The van der Waals surface area contributed by atoms with E-state index in [2.05, 4.69) is 27.8 Å². The summed E-state index contributed by atoms with van der Waals surface area (Å²) in [5, 5.41) is 5.30. The molecule has 4 nitrogen and oxygen atoms in total. The van der Waals surface area contributed by atoms with Crippen LogP contribution in [0.5, 0.6) is 0 Å². The van der Waals surface area contributed by atoms with Gasteiger partial charge in [0.15, 0.2) is 0 Å². The fourth-order valence-electron chi connectivity index (χ4n) is 2.88. The van der Waals surface area contributed by atoms with Crippen LogP contribution in [0.2, 0.25) is 0 Å². The van der Waals surface area contributed by atoms with Gasteiger partial charge in [0.1, 0.15) is 5.01 Å². The van der Waals surface area contributed by atoms with E-state index in [-0.39, 0.29) is 12.0 Å². The lowest BCUT2D eigenvalue weighted by atomic mass is 9.99. The Hall–Kier alpha value is -1.24. The third-order valence-electron chi connectivity index (χ3n) is 4.03. The molecule has 0 bridgehead atoms. The standard InChI is InChI=1S/C16H20N2O2S2/c1-20-15(19)9-13-5-2-3-7-18(13)10-12-11-22-16(17-12)14-6-4-8-21-14/h4,6,8,11,13H,2-3,5,7,9-10H2,1H3. The van der Waals surface area contributed by atoms with E-state index in [1.165, 1.54) is 24.8 Å². The maximum absolute atomic E-state index is 11.6. The van der Waals surface area contributed by atoms with Crippen LogP contribution in [0.3, 0.4) is 0 Å². The molecule has 6 heteroatoms. The highest BCUT2D eigenvalue weighted by Crippen LogP contribution is 2.29. The molecular weight excluding hydrogens is 316 g/mol. The molecule has 22 heavy (non-hydrogen) atoms. The summed E-state index contributed by atoms with van der Waals surface area (Å²) in [5.74, 6) is -0.116. The number of aromatic nitrogens is 1. The molecule has 0 aliphatic carbocycles. The Bertz CT molecular complexity index is 609. The summed E-state index contributed by atoms with van der Waals surface area (Å²) >= 11 is 3.42. The van der Waals surface area contributed by atoms with Crippen molar-refractivity contribution in [2.45, 2.75) is 38.3 Å². The second-order valence-corrected chi connectivity index (χ2v) is 7.33. The van der Waals surface area contributed by atoms with Gasteiger partial charge in [0.25, 0.3) is 0 Å². The topological polar surface area (TPSA) is 42.4 Å². The molecule has 1 fully saturated rings. The van der Waals surface area contributed by atoms with E-state index >= 15 is 0 Å². The lowest BCUT2D eigenvalue weighted by Gasteiger charge is -2.34. The van der Waals surface area contributed by atoms with Crippen LogP contribution in [0.1, 0.15) is 31.4 Å². The molecule has 0 spiro atoms. The Balaban J connectivity index is 1.66. The second-order valence-electron chi connectivity index (χ2n) is 5.52. The highest BCUT2D eigenvalue weighted by Gasteiger charge is 2.25. The Labute approximate surface area is 138 Å². The second kappa shape index (κ2) is 7.35. The van der Waals surface area contributed by atoms with Crippen LogP contribution in [-0.2, 0) is 16.1 Å². The van der Waals surface area contributed by atoms with Crippen molar-refractivity contribution in [3.8, 4) is 9.88 Å². The zero-order chi connectivity index (χ0) is 15.4. The number of likely N-dealkylation sites (tertiary alicyclic amines) is 1. The highest BCUT2D eigenvalue weighted by molar-refractivity contribution is 7.20. The molecule has 2 aromatic heterocycles. The number of esters is 1. The van der Waals surface area contributed by atoms with Crippen molar-refractivity contribution in [2.24, 2.45) is 0 Å². The lowest BCUT2D eigenvalue weighted by Crippen LogP contribution is -2.40. The monoisotopic (exact) mass is 336 g/mol. The number of rotatable bonds is 5. The van der Waals surface area contributed by atoms with Gasteiger partial charge in [-0.1, -0.05) is 12.5 Å². The molecule has 0 N–H and O–H groups in total. The molecule has 0 saturated carbocycles. The fourth-order valence-corrected chi connectivity index (χ4v) is 4.50. The summed E-state index contributed by atoms with van der Waals surface area (Å²) in [6, 6.07) is 4.44. The molecule has 118 valence electrons. The van der Waals surface area contributed by atoms with E-state index in [1.54, 1.807) is 22.7 Å². The number of nitrogens with zero attached hydrogens (tertiary/aromatic N) is 2. The third kappa shape index (κ3) is 3.74. The van der Waals surface area contributed by atoms with Gasteiger partial charge in [-0.2, -0.15) is 0 Å². The quantitative estimate of drug-likeness (QED) is 0.779. The van der Waals surface area contributed by atoms with Crippen molar-refractivity contribution in [2.75, 3.05) is 13.7 Å². The summed E-state index contributed by atoms with van der Waals surface area (Å²) in [6.45, 7) is 1.86.